The number of hydrogen-bond donors (Lipinski definition) is 0. The van der Waals surface area contributed by atoms with Crippen LogP contribution in [0.2, 0.25) is 10.0 Å². The smallest absolute Gasteiger partial charge is 0.330 e. The topological polar surface area (TPSA) is 77.9 Å². The zero-order valence-corrected chi connectivity index (χ0v) is 22.6. The van der Waals surface area contributed by atoms with Crippen LogP contribution in [0.25, 0.3) is 22.2 Å². The Morgan fingerprint density at radius 2 is 1.92 bits per heavy atom. The van der Waals surface area contributed by atoms with Crippen molar-refractivity contribution in [1.29, 1.82) is 0 Å². The van der Waals surface area contributed by atoms with Gasteiger partial charge in [-0.15, -0.1) is 0 Å². The summed E-state index contributed by atoms with van der Waals surface area (Å²) in [6, 6.07) is 14.2. The van der Waals surface area contributed by atoms with Gasteiger partial charge in [0.2, 0.25) is 0 Å². The molecule has 5 rings (SSSR count). The van der Waals surface area contributed by atoms with E-state index < -0.39 is 22.3 Å². The molecule has 2 atom stereocenters. The lowest BCUT2D eigenvalue weighted by molar-refractivity contribution is -0.142. The predicted molar refractivity (Wildman–Crippen MR) is 144 cm³/mol. The summed E-state index contributed by atoms with van der Waals surface area (Å²) in [6.45, 7) is 1.01. The lowest BCUT2D eigenvalue weighted by Gasteiger charge is -2.47. The number of aliphatic imine (C=N–C) groups is 1. The molecular weight excluding hydrogens is 567 g/mol. The average Bonchev–Trinajstić information content (AvgIpc) is 2.90. The highest BCUT2D eigenvalue weighted by atomic mass is 79.9. The van der Waals surface area contributed by atoms with Crippen molar-refractivity contribution in [1.82, 2.24) is 4.98 Å². The van der Waals surface area contributed by atoms with Crippen molar-refractivity contribution >= 4 is 67.5 Å². The van der Waals surface area contributed by atoms with Crippen LogP contribution in [-0.2, 0) is 25.5 Å². The van der Waals surface area contributed by atoms with Crippen LogP contribution < -0.4 is 0 Å². The Morgan fingerprint density at radius 1 is 1.19 bits per heavy atom. The van der Waals surface area contributed by atoms with E-state index in [2.05, 4.69) is 15.9 Å². The number of benzene rings is 2. The highest BCUT2D eigenvalue weighted by Crippen LogP contribution is 2.47. The van der Waals surface area contributed by atoms with Crippen LogP contribution in [0.4, 0.5) is 0 Å². The number of ether oxygens (including phenoxy) is 2. The fraction of sp³-hybridized carbons (Fsp3) is 0.333. The Bertz CT molecular complexity index is 1370. The van der Waals surface area contributed by atoms with E-state index in [1.807, 2.05) is 30.3 Å². The molecule has 36 heavy (non-hydrogen) atoms. The van der Waals surface area contributed by atoms with Gasteiger partial charge in [0.05, 0.1) is 33.8 Å². The zero-order valence-electron chi connectivity index (χ0n) is 19.5. The van der Waals surface area contributed by atoms with Gasteiger partial charge in [-0.3, -0.25) is 9.79 Å². The third kappa shape index (κ3) is 4.47. The summed E-state index contributed by atoms with van der Waals surface area (Å²) in [5.41, 5.74) is 3.14. The van der Waals surface area contributed by atoms with E-state index in [0.29, 0.717) is 53.8 Å². The van der Waals surface area contributed by atoms with Crippen LogP contribution >= 0.6 is 39.1 Å². The monoisotopic (exact) mass is 588 g/mol. The molecule has 6 nitrogen and oxygen atoms in total. The van der Waals surface area contributed by atoms with Crippen molar-refractivity contribution in [2.45, 2.75) is 30.1 Å². The SMILES string of the molecule is COC(=O)[C@H](Cc1ccc2nc(-c3c(Cl)cccc3Cl)ccc2c1)N=C1C(Br)C(=O)C12CCOCC2. The molecule has 3 aromatic rings. The number of fused-ring (bicyclic) bond motifs is 1. The molecule has 1 unspecified atom stereocenters. The van der Waals surface area contributed by atoms with Crippen LogP contribution in [0.3, 0.4) is 0 Å². The predicted octanol–water partition coefficient (Wildman–Crippen LogP) is 5.88. The molecule has 2 fully saturated rings. The maximum Gasteiger partial charge on any atom is 0.330 e. The Labute approximate surface area is 227 Å². The summed E-state index contributed by atoms with van der Waals surface area (Å²) in [5, 5.41) is 1.98. The minimum atomic E-state index is -0.760. The minimum Gasteiger partial charge on any atom is -0.467 e. The van der Waals surface area contributed by atoms with E-state index in [0.717, 1.165) is 22.2 Å². The number of esters is 1. The van der Waals surface area contributed by atoms with Gasteiger partial charge in [0.15, 0.2) is 11.8 Å². The molecule has 1 aliphatic carbocycles. The lowest BCUT2D eigenvalue weighted by atomic mass is 9.61. The molecule has 0 bridgehead atoms. The van der Waals surface area contributed by atoms with Gasteiger partial charge >= 0.3 is 5.97 Å². The number of carbonyl (C=O) groups is 2. The Kier molecular flexibility index (Phi) is 7.18. The first-order valence-corrected chi connectivity index (χ1v) is 13.3. The van der Waals surface area contributed by atoms with Crippen LogP contribution in [0.15, 0.2) is 53.5 Å². The second-order valence-electron chi connectivity index (χ2n) is 9.00. The summed E-state index contributed by atoms with van der Waals surface area (Å²) in [6.07, 6.45) is 1.50. The van der Waals surface area contributed by atoms with Crippen molar-refractivity contribution in [3.05, 3.63) is 64.1 Å². The minimum absolute atomic E-state index is 0.111. The van der Waals surface area contributed by atoms with Crippen LogP contribution in [0, 0.1) is 5.41 Å². The van der Waals surface area contributed by atoms with Crippen molar-refractivity contribution < 1.29 is 19.1 Å². The molecule has 2 aliphatic rings. The number of nitrogens with zero attached hydrogens (tertiary/aromatic N) is 2. The second-order valence-corrected chi connectivity index (χ2v) is 10.7. The molecule has 186 valence electrons. The number of methoxy groups -OCH3 is 1. The molecule has 1 saturated heterocycles. The maximum absolute atomic E-state index is 12.7. The average molecular weight is 590 g/mol. The number of carbonyl (C=O) groups excluding carboxylic acids is 2. The van der Waals surface area contributed by atoms with Gasteiger partial charge in [-0.2, -0.15) is 0 Å². The van der Waals surface area contributed by atoms with Crippen LogP contribution in [0.5, 0.6) is 0 Å². The number of rotatable bonds is 5. The summed E-state index contributed by atoms with van der Waals surface area (Å²) in [5.74, 6) is -0.329. The van der Waals surface area contributed by atoms with Crippen molar-refractivity contribution in [3.8, 4) is 11.3 Å². The molecule has 1 aromatic heterocycles. The first-order valence-electron chi connectivity index (χ1n) is 11.6. The normalized spacial score (nSPS) is 20.9. The van der Waals surface area contributed by atoms with Gasteiger partial charge in [-0.1, -0.05) is 57.3 Å². The number of ketones is 1. The Hall–Kier alpha value is -2.32. The molecule has 2 heterocycles. The highest BCUT2D eigenvalue weighted by molar-refractivity contribution is 9.10. The fourth-order valence-corrected chi connectivity index (χ4v) is 6.55. The zero-order chi connectivity index (χ0) is 25.4. The lowest BCUT2D eigenvalue weighted by Crippen LogP contribution is -2.62. The van der Waals surface area contributed by atoms with Crippen molar-refractivity contribution in [3.63, 3.8) is 0 Å². The standard InChI is InChI=1S/C27H23BrCl2N2O4/c1-35-26(34)21(32-24-23(28)25(33)27(24)9-11-36-12-10-27)14-15-5-7-19-16(13-15)6-8-20(31-19)22-17(29)3-2-4-18(22)30/h2-8,13,21,23H,9-12,14H2,1H3/t21-,23?/m0/s1. The Balaban J connectivity index is 1.44. The van der Waals surface area contributed by atoms with Crippen LogP contribution in [-0.4, -0.2) is 53.6 Å². The molecule has 1 aliphatic heterocycles. The summed E-state index contributed by atoms with van der Waals surface area (Å²) in [4.78, 5) is 34.5. The maximum atomic E-state index is 12.7. The number of halogens is 3. The van der Waals surface area contributed by atoms with E-state index >= 15 is 0 Å². The van der Waals surface area contributed by atoms with Gasteiger partial charge in [0, 0.05) is 36.3 Å². The van der Waals surface area contributed by atoms with Crippen LogP contribution in [0.1, 0.15) is 18.4 Å². The quantitative estimate of drug-likeness (QED) is 0.274. The second kappa shape index (κ2) is 10.2. The molecule has 0 radical (unpaired) electrons. The van der Waals surface area contributed by atoms with Crippen molar-refractivity contribution in [2.75, 3.05) is 20.3 Å². The van der Waals surface area contributed by atoms with E-state index in [1.165, 1.54) is 7.11 Å². The fourth-order valence-electron chi connectivity index (χ4n) is 4.96. The van der Waals surface area contributed by atoms with Gasteiger partial charge in [-0.05, 0) is 48.7 Å². The number of pyridine rings is 1. The summed E-state index contributed by atoms with van der Waals surface area (Å²) < 4.78 is 10.5. The van der Waals surface area contributed by atoms with Gasteiger partial charge in [-0.25, -0.2) is 9.78 Å². The van der Waals surface area contributed by atoms with E-state index in [9.17, 15) is 9.59 Å². The van der Waals surface area contributed by atoms with E-state index in [4.69, 9.17) is 42.7 Å². The number of alkyl halides is 1. The first kappa shape index (κ1) is 25.3. The number of hydrogen-bond acceptors (Lipinski definition) is 6. The van der Waals surface area contributed by atoms with E-state index in [1.54, 1.807) is 18.2 Å². The molecule has 0 N–H and O–H groups in total. The molecule has 9 heteroatoms. The molecule has 1 saturated carbocycles. The number of aromatic nitrogens is 1. The van der Waals surface area contributed by atoms with E-state index in [-0.39, 0.29) is 5.78 Å². The first-order chi connectivity index (χ1) is 17.3. The van der Waals surface area contributed by atoms with Crippen molar-refractivity contribution in [2.24, 2.45) is 10.4 Å². The molecule has 0 amide bonds. The third-order valence-corrected chi connectivity index (χ3v) is 8.43. The van der Waals surface area contributed by atoms with Gasteiger partial charge in [0.1, 0.15) is 4.83 Å². The molecular formula is C27H23BrCl2N2O4. The highest BCUT2D eigenvalue weighted by Gasteiger charge is 2.59. The summed E-state index contributed by atoms with van der Waals surface area (Å²) in [7, 11) is 1.35. The molecule has 2 aromatic carbocycles. The van der Waals surface area contributed by atoms with Gasteiger partial charge < -0.3 is 9.47 Å². The van der Waals surface area contributed by atoms with Gasteiger partial charge in [0.25, 0.3) is 0 Å². The largest absolute Gasteiger partial charge is 0.467 e. The summed E-state index contributed by atoms with van der Waals surface area (Å²) >= 11 is 16.2. The number of Topliss-reactive ketones (excluding diaryl/α,β-unsaturated/α-hetero) is 1. The molecule has 1 spiro atoms. The third-order valence-electron chi connectivity index (χ3n) is 6.95. The Morgan fingerprint density at radius 3 is 2.61 bits per heavy atom.